The molecule has 0 aliphatic rings. The number of hydrogen-bond donors (Lipinski definition) is 1. The number of imidazole rings is 1. The number of nitro groups is 1. The Morgan fingerprint density at radius 1 is 1.33 bits per heavy atom. The Hall–Kier alpha value is -2.13. The van der Waals surface area contributed by atoms with Crippen LogP contribution < -0.4 is 0 Å². The van der Waals surface area contributed by atoms with Gasteiger partial charge in [-0.1, -0.05) is 12.1 Å². The Morgan fingerprint density at radius 2 is 1.92 bits per heavy atom. The van der Waals surface area contributed by atoms with Crippen LogP contribution in [0, 0.1) is 10.1 Å². The van der Waals surface area contributed by atoms with Gasteiger partial charge in [-0.3, -0.25) is 4.57 Å². The van der Waals surface area contributed by atoms with E-state index in [1.165, 1.54) is 23.6 Å². The fourth-order valence-corrected chi connectivity index (χ4v) is 2.45. The molecule has 0 saturated carbocycles. The number of hydrogen-bond acceptors (Lipinski definition) is 4. The van der Waals surface area contributed by atoms with Crippen molar-refractivity contribution >= 4 is 17.4 Å². The molecule has 1 aromatic carbocycles. The molecule has 0 aliphatic carbocycles. The van der Waals surface area contributed by atoms with Crippen molar-refractivity contribution < 1.29 is 23.2 Å². The van der Waals surface area contributed by atoms with Crippen molar-refractivity contribution in [2.45, 2.75) is 31.7 Å². The van der Waals surface area contributed by atoms with Crippen LogP contribution in [0.4, 0.5) is 19.0 Å². The van der Waals surface area contributed by atoms with Crippen molar-refractivity contribution in [1.29, 1.82) is 0 Å². The van der Waals surface area contributed by atoms with E-state index in [0.29, 0.717) is 5.56 Å². The third-order valence-electron chi connectivity index (χ3n) is 3.28. The largest absolute Gasteiger partial charge is 0.416 e. The maximum absolute atomic E-state index is 12.5. The first-order chi connectivity index (χ1) is 11.0. The van der Waals surface area contributed by atoms with Gasteiger partial charge in [-0.05, 0) is 46.1 Å². The average Bonchev–Trinajstić information content (AvgIpc) is 2.78. The van der Waals surface area contributed by atoms with E-state index < -0.39 is 28.1 Å². The van der Waals surface area contributed by atoms with Crippen LogP contribution >= 0.6 is 11.6 Å². The predicted molar refractivity (Wildman–Crippen MR) is 79.7 cm³/mol. The van der Waals surface area contributed by atoms with Crippen molar-refractivity contribution in [2.75, 3.05) is 0 Å². The first kappa shape index (κ1) is 18.2. The van der Waals surface area contributed by atoms with Crippen LogP contribution in [-0.4, -0.2) is 25.2 Å². The summed E-state index contributed by atoms with van der Waals surface area (Å²) in [7, 11) is 0. The van der Waals surface area contributed by atoms with Crippen molar-refractivity contribution in [1.82, 2.24) is 9.55 Å². The molecule has 1 atom stereocenters. The van der Waals surface area contributed by atoms with Crippen LogP contribution in [0.25, 0.3) is 0 Å². The van der Waals surface area contributed by atoms with Crippen molar-refractivity contribution in [2.24, 2.45) is 0 Å². The van der Waals surface area contributed by atoms with Gasteiger partial charge in [-0.2, -0.15) is 13.2 Å². The molecule has 0 aliphatic heterocycles. The van der Waals surface area contributed by atoms with E-state index in [0.717, 1.165) is 18.3 Å². The van der Waals surface area contributed by atoms with Crippen LogP contribution in [0.5, 0.6) is 0 Å². The van der Waals surface area contributed by atoms with Gasteiger partial charge >= 0.3 is 17.3 Å². The Balaban J connectivity index is 2.12. The number of benzene rings is 1. The second kappa shape index (κ2) is 6.40. The van der Waals surface area contributed by atoms with Crippen LogP contribution in [0.3, 0.4) is 0 Å². The summed E-state index contributed by atoms with van der Waals surface area (Å²) in [5, 5.41) is 20.9. The molecular weight excluding hydrogens is 351 g/mol. The van der Waals surface area contributed by atoms with Gasteiger partial charge in [0.2, 0.25) is 0 Å². The summed E-state index contributed by atoms with van der Waals surface area (Å²) in [6.45, 7) is 1.35. The summed E-state index contributed by atoms with van der Waals surface area (Å²) < 4.78 is 38.8. The predicted octanol–water partition coefficient (Wildman–Crippen LogP) is 3.46. The van der Waals surface area contributed by atoms with E-state index in [2.05, 4.69) is 4.98 Å². The van der Waals surface area contributed by atoms with Crippen molar-refractivity contribution in [3.8, 4) is 0 Å². The van der Waals surface area contributed by atoms with Crippen LogP contribution in [-0.2, 0) is 19.1 Å². The summed E-state index contributed by atoms with van der Waals surface area (Å²) in [5.74, 6) is -0.453. The molecule has 0 saturated heterocycles. The van der Waals surface area contributed by atoms with Gasteiger partial charge in [0, 0.05) is 6.42 Å². The number of alkyl halides is 3. The second-order valence-electron chi connectivity index (χ2n) is 5.62. The second-order valence-corrected chi connectivity index (χ2v) is 5.96. The fraction of sp³-hybridized carbons (Fsp3) is 0.357. The Labute approximate surface area is 139 Å². The molecule has 2 rings (SSSR count). The molecule has 0 radical (unpaired) electrons. The number of rotatable bonds is 5. The molecule has 6 nitrogen and oxygen atoms in total. The van der Waals surface area contributed by atoms with Crippen molar-refractivity contribution in [3.63, 3.8) is 0 Å². The first-order valence-electron chi connectivity index (χ1n) is 6.73. The van der Waals surface area contributed by atoms with Gasteiger partial charge in [0.15, 0.2) is 0 Å². The molecule has 0 unspecified atom stereocenters. The van der Waals surface area contributed by atoms with E-state index in [-0.39, 0.29) is 18.2 Å². The summed E-state index contributed by atoms with van der Waals surface area (Å²) in [6.07, 6.45) is -3.30. The van der Waals surface area contributed by atoms with E-state index in [4.69, 9.17) is 11.6 Å². The van der Waals surface area contributed by atoms with Gasteiger partial charge in [-0.15, -0.1) is 0 Å². The van der Waals surface area contributed by atoms with E-state index in [1.54, 1.807) is 0 Å². The maximum atomic E-state index is 12.5. The number of aliphatic hydroxyl groups is 1. The van der Waals surface area contributed by atoms with Crippen molar-refractivity contribution in [3.05, 3.63) is 57.0 Å². The van der Waals surface area contributed by atoms with Crippen LogP contribution in [0.2, 0.25) is 5.28 Å². The van der Waals surface area contributed by atoms with Gasteiger partial charge in [-0.25, -0.2) is 0 Å². The average molecular weight is 364 g/mol. The lowest BCUT2D eigenvalue weighted by Gasteiger charge is -2.23. The maximum Gasteiger partial charge on any atom is 0.416 e. The van der Waals surface area contributed by atoms with E-state index in [1.807, 2.05) is 0 Å². The molecule has 130 valence electrons. The quantitative estimate of drug-likeness (QED) is 0.651. The molecule has 1 N–H and O–H groups in total. The van der Waals surface area contributed by atoms with Crippen LogP contribution in [0.1, 0.15) is 18.1 Å². The minimum atomic E-state index is -4.43. The summed E-state index contributed by atoms with van der Waals surface area (Å²) in [6, 6.07) is 4.41. The lowest BCUT2D eigenvalue weighted by molar-refractivity contribution is -0.389. The van der Waals surface area contributed by atoms with Crippen LogP contribution in [0.15, 0.2) is 30.5 Å². The Morgan fingerprint density at radius 3 is 2.38 bits per heavy atom. The zero-order valence-corrected chi connectivity index (χ0v) is 13.2. The SMILES string of the molecule is C[C@@](O)(Cc1ccc(C(F)(F)F)cc1)Cn1cc([N+](=O)[O-])nc1Cl. The highest BCUT2D eigenvalue weighted by molar-refractivity contribution is 6.28. The zero-order valence-electron chi connectivity index (χ0n) is 12.4. The monoisotopic (exact) mass is 363 g/mol. The highest BCUT2D eigenvalue weighted by Crippen LogP contribution is 2.30. The normalized spacial score (nSPS) is 14.4. The summed E-state index contributed by atoms with van der Waals surface area (Å²) in [5.41, 5.74) is -1.68. The van der Waals surface area contributed by atoms with Gasteiger partial charge < -0.3 is 15.2 Å². The number of aromatic nitrogens is 2. The molecular formula is C14H13ClF3N3O3. The molecule has 1 aromatic heterocycles. The summed E-state index contributed by atoms with van der Waals surface area (Å²) >= 11 is 5.78. The molecule has 0 bridgehead atoms. The summed E-state index contributed by atoms with van der Waals surface area (Å²) in [4.78, 5) is 13.5. The molecule has 24 heavy (non-hydrogen) atoms. The molecule has 1 heterocycles. The van der Waals surface area contributed by atoms with Gasteiger partial charge in [0.25, 0.3) is 0 Å². The third kappa shape index (κ3) is 4.45. The minimum Gasteiger partial charge on any atom is -0.388 e. The highest BCUT2D eigenvalue weighted by Gasteiger charge is 2.31. The third-order valence-corrected chi connectivity index (χ3v) is 3.58. The topological polar surface area (TPSA) is 81.2 Å². The highest BCUT2D eigenvalue weighted by atomic mass is 35.5. The molecule has 2 aromatic rings. The zero-order chi connectivity index (χ0) is 18.1. The van der Waals surface area contributed by atoms with E-state index in [9.17, 15) is 28.4 Å². The smallest absolute Gasteiger partial charge is 0.388 e. The molecule has 0 fully saturated rings. The fourth-order valence-electron chi connectivity index (χ4n) is 2.25. The Kier molecular flexibility index (Phi) is 4.86. The van der Waals surface area contributed by atoms with Gasteiger partial charge in [0.05, 0.1) is 17.7 Å². The molecule has 0 spiro atoms. The molecule has 0 amide bonds. The number of nitrogens with zero attached hydrogens (tertiary/aromatic N) is 3. The first-order valence-corrected chi connectivity index (χ1v) is 7.11. The lowest BCUT2D eigenvalue weighted by Crippen LogP contribution is -2.33. The Bertz CT molecular complexity index is 742. The van der Waals surface area contributed by atoms with Gasteiger partial charge in [0.1, 0.15) is 6.20 Å². The van der Waals surface area contributed by atoms with E-state index >= 15 is 0 Å². The molecule has 10 heteroatoms. The standard InChI is InChI=1S/C14H13ClF3N3O3/c1-13(22,8-20-7-11(21(23)24)19-12(20)15)6-9-2-4-10(5-3-9)14(16,17)18/h2-5,7,22H,6,8H2,1H3/t13-/m1/s1. The minimum absolute atomic E-state index is 0.0352. The number of halogens is 4. The lowest BCUT2D eigenvalue weighted by atomic mass is 9.95.